The van der Waals surface area contributed by atoms with Crippen molar-refractivity contribution in [2.24, 2.45) is 5.73 Å². The van der Waals surface area contributed by atoms with E-state index < -0.39 is 17.6 Å². The van der Waals surface area contributed by atoms with Crippen LogP contribution in [0, 0.1) is 0 Å². The van der Waals surface area contributed by atoms with Gasteiger partial charge in [-0.25, -0.2) is 0 Å². The molecule has 6 nitrogen and oxygen atoms in total. The Morgan fingerprint density at radius 2 is 2.06 bits per heavy atom. The van der Waals surface area contributed by atoms with Crippen LogP contribution in [0.2, 0.25) is 0 Å². The van der Waals surface area contributed by atoms with Crippen molar-refractivity contribution in [2.45, 2.75) is 38.3 Å². The highest BCUT2D eigenvalue weighted by molar-refractivity contribution is 5.82. The number of amides is 1. The number of methoxy groups -OCH3 is 1. The Hall–Kier alpha value is -1.14. The lowest BCUT2D eigenvalue weighted by Crippen LogP contribution is -2.51. The normalized spacial score (nSPS) is 13.2. The van der Waals surface area contributed by atoms with Crippen LogP contribution in [0.15, 0.2) is 0 Å². The molecule has 0 aromatic heterocycles. The molecule has 0 aliphatic carbocycles. The van der Waals surface area contributed by atoms with Crippen molar-refractivity contribution in [1.82, 2.24) is 5.32 Å². The number of carbonyl (C=O) groups is 2. The maximum absolute atomic E-state index is 11.6. The highest BCUT2D eigenvalue weighted by Gasteiger charge is 2.26. The Balaban J connectivity index is 4.15. The van der Waals surface area contributed by atoms with Gasteiger partial charge in [-0.1, -0.05) is 0 Å². The summed E-state index contributed by atoms with van der Waals surface area (Å²) in [5.41, 5.74) is 4.80. The van der Waals surface area contributed by atoms with Crippen LogP contribution >= 0.6 is 0 Å². The summed E-state index contributed by atoms with van der Waals surface area (Å²) in [5.74, 6) is -1.32. The second-order valence-corrected chi connectivity index (χ2v) is 4.33. The molecule has 0 bridgehead atoms. The lowest BCUT2D eigenvalue weighted by Gasteiger charge is -2.26. The largest absolute Gasteiger partial charge is 0.481 e. The van der Waals surface area contributed by atoms with Crippen LogP contribution in [0.4, 0.5) is 0 Å². The van der Waals surface area contributed by atoms with E-state index in [-0.39, 0.29) is 12.3 Å². The van der Waals surface area contributed by atoms with Gasteiger partial charge in [0.05, 0.1) is 12.5 Å². The van der Waals surface area contributed by atoms with Crippen molar-refractivity contribution < 1.29 is 19.4 Å². The van der Waals surface area contributed by atoms with Crippen LogP contribution in [0.25, 0.3) is 0 Å². The number of carboxylic acid groups (broad SMARTS) is 1. The van der Waals surface area contributed by atoms with E-state index in [2.05, 4.69) is 5.32 Å². The first kappa shape index (κ1) is 14.9. The van der Waals surface area contributed by atoms with Crippen LogP contribution in [-0.2, 0) is 14.3 Å². The molecule has 0 saturated carbocycles. The zero-order valence-electron chi connectivity index (χ0n) is 9.95. The van der Waals surface area contributed by atoms with Crippen LogP contribution in [0.5, 0.6) is 0 Å². The van der Waals surface area contributed by atoms with Gasteiger partial charge in [-0.15, -0.1) is 0 Å². The average Bonchev–Trinajstić information content (AvgIpc) is 2.10. The van der Waals surface area contributed by atoms with Crippen molar-refractivity contribution in [2.75, 3.05) is 13.7 Å². The summed E-state index contributed by atoms with van der Waals surface area (Å²) in [6.45, 7) is 3.68. The number of ether oxygens (including phenoxy) is 1. The van der Waals surface area contributed by atoms with Crippen molar-refractivity contribution in [3.63, 3.8) is 0 Å². The van der Waals surface area contributed by atoms with E-state index in [9.17, 15) is 9.59 Å². The van der Waals surface area contributed by atoms with E-state index in [4.69, 9.17) is 15.6 Å². The van der Waals surface area contributed by atoms with Gasteiger partial charge < -0.3 is 20.9 Å². The summed E-state index contributed by atoms with van der Waals surface area (Å²) in [7, 11) is 1.53. The predicted molar refractivity (Wildman–Crippen MR) is 58.9 cm³/mol. The van der Waals surface area contributed by atoms with Gasteiger partial charge in [0.2, 0.25) is 5.91 Å². The third-order valence-electron chi connectivity index (χ3n) is 2.02. The number of hydrogen-bond acceptors (Lipinski definition) is 4. The fraction of sp³-hybridized carbons (Fsp3) is 0.800. The number of aliphatic carboxylic acids is 1. The maximum atomic E-state index is 11.6. The summed E-state index contributed by atoms with van der Waals surface area (Å²) < 4.78 is 4.80. The van der Waals surface area contributed by atoms with Gasteiger partial charge in [0.25, 0.3) is 0 Å². The van der Waals surface area contributed by atoms with E-state index in [1.165, 1.54) is 7.11 Å². The van der Waals surface area contributed by atoms with E-state index in [1.807, 2.05) is 0 Å². The second kappa shape index (κ2) is 6.44. The lowest BCUT2D eigenvalue weighted by atomic mass is 10.00. The average molecular weight is 232 g/mol. The van der Waals surface area contributed by atoms with Gasteiger partial charge in [0.15, 0.2) is 0 Å². The molecule has 1 atom stereocenters. The zero-order chi connectivity index (χ0) is 12.8. The summed E-state index contributed by atoms with van der Waals surface area (Å²) in [6.07, 6.45) is 0.265. The predicted octanol–water partition coefficient (Wildman–Crippen LogP) is -0.280. The first-order valence-corrected chi connectivity index (χ1v) is 5.07. The van der Waals surface area contributed by atoms with Crippen LogP contribution in [0.1, 0.15) is 26.7 Å². The number of carboxylic acids is 1. The highest BCUT2D eigenvalue weighted by Crippen LogP contribution is 2.08. The van der Waals surface area contributed by atoms with Crippen LogP contribution in [0.3, 0.4) is 0 Å². The lowest BCUT2D eigenvalue weighted by molar-refractivity contribution is -0.138. The molecule has 4 N–H and O–H groups in total. The molecule has 0 aliphatic rings. The van der Waals surface area contributed by atoms with Crippen molar-refractivity contribution in [3.8, 4) is 0 Å². The van der Waals surface area contributed by atoms with Gasteiger partial charge in [-0.3, -0.25) is 9.59 Å². The van der Waals surface area contributed by atoms with Crippen LogP contribution < -0.4 is 11.1 Å². The SMILES string of the molecule is COCCC(N)C(=O)NC(C)(C)CC(=O)O. The minimum Gasteiger partial charge on any atom is -0.481 e. The van der Waals surface area contributed by atoms with Gasteiger partial charge >= 0.3 is 5.97 Å². The number of nitrogens with one attached hydrogen (secondary N) is 1. The highest BCUT2D eigenvalue weighted by atomic mass is 16.5. The van der Waals surface area contributed by atoms with Crippen molar-refractivity contribution in [1.29, 1.82) is 0 Å². The fourth-order valence-corrected chi connectivity index (χ4v) is 1.22. The number of rotatable bonds is 7. The quantitative estimate of drug-likeness (QED) is 0.560. The van der Waals surface area contributed by atoms with Gasteiger partial charge in [-0.05, 0) is 20.3 Å². The van der Waals surface area contributed by atoms with E-state index >= 15 is 0 Å². The zero-order valence-corrected chi connectivity index (χ0v) is 9.95. The Kier molecular flexibility index (Phi) is 5.98. The molecule has 0 aliphatic heterocycles. The molecule has 0 heterocycles. The molecule has 1 amide bonds. The molecule has 0 rings (SSSR count). The van der Waals surface area contributed by atoms with Gasteiger partial charge in [0.1, 0.15) is 0 Å². The fourth-order valence-electron chi connectivity index (χ4n) is 1.22. The second-order valence-electron chi connectivity index (χ2n) is 4.33. The Labute approximate surface area is 95.1 Å². The summed E-state index contributed by atoms with van der Waals surface area (Å²) in [4.78, 5) is 22.1. The van der Waals surface area contributed by atoms with Crippen molar-refractivity contribution >= 4 is 11.9 Å². The molecule has 1 unspecified atom stereocenters. The molecular weight excluding hydrogens is 212 g/mol. The number of nitrogens with two attached hydrogens (primary N) is 1. The first-order valence-electron chi connectivity index (χ1n) is 5.07. The summed E-state index contributed by atoms with van der Waals surface area (Å²) in [5, 5.41) is 11.2. The summed E-state index contributed by atoms with van der Waals surface area (Å²) in [6, 6.07) is -0.673. The van der Waals surface area contributed by atoms with E-state index in [1.54, 1.807) is 13.8 Å². The molecule has 0 aromatic rings. The smallest absolute Gasteiger partial charge is 0.305 e. The molecule has 0 spiro atoms. The van der Waals surface area contributed by atoms with Crippen LogP contribution in [-0.4, -0.2) is 42.3 Å². The molecule has 0 fully saturated rings. The van der Waals surface area contributed by atoms with Gasteiger partial charge in [-0.2, -0.15) is 0 Å². The molecule has 16 heavy (non-hydrogen) atoms. The molecule has 0 radical (unpaired) electrons. The first-order chi connectivity index (χ1) is 7.28. The molecule has 0 saturated heterocycles. The maximum Gasteiger partial charge on any atom is 0.305 e. The van der Waals surface area contributed by atoms with Crippen molar-refractivity contribution in [3.05, 3.63) is 0 Å². The van der Waals surface area contributed by atoms with E-state index in [0.717, 1.165) is 0 Å². The standard InChI is InChI=1S/C10H20N2O4/c1-10(2,6-8(13)14)12-9(15)7(11)4-5-16-3/h7H,4-6,11H2,1-3H3,(H,12,15)(H,13,14). The summed E-state index contributed by atoms with van der Waals surface area (Å²) >= 11 is 0. The topological polar surface area (TPSA) is 102 Å². The Morgan fingerprint density at radius 1 is 1.50 bits per heavy atom. The monoisotopic (exact) mass is 232 g/mol. The minimum absolute atomic E-state index is 0.143. The number of hydrogen-bond donors (Lipinski definition) is 3. The Morgan fingerprint density at radius 3 is 2.50 bits per heavy atom. The molecule has 0 aromatic carbocycles. The molecule has 6 heteroatoms. The molecular formula is C10H20N2O4. The number of carbonyl (C=O) groups excluding carboxylic acids is 1. The third kappa shape index (κ3) is 6.36. The molecule has 94 valence electrons. The minimum atomic E-state index is -0.962. The third-order valence-corrected chi connectivity index (χ3v) is 2.02. The van der Waals surface area contributed by atoms with Gasteiger partial charge in [0, 0.05) is 19.3 Å². The van der Waals surface area contributed by atoms with E-state index in [0.29, 0.717) is 13.0 Å². The Bertz CT molecular complexity index is 253.